The van der Waals surface area contributed by atoms with E-state index in [2.05, 4.69) is 10.2 Å². The maximum Gasteiger partial charge on any atom is 0.328 e. The number of ether oxygens (including phenoxy) is 1. The van der Waals surface area contributed by atoms with Crippen LogP contribution in [0, 0.1) is 11.7 Å². The van der Waals surface area contributed by atoms with Crippen molar-refractivity contribution in [1.29, 1.82) is 0 Å². The number of carbonyl (C=O) groups is 5. The second-order valence-corrected chi connectivity index (χ2v) is 10.6. The predicted molar refractivity (Wildman–Crippen MR) is 174 cm³/mol. The van der Waals surface area contributed by atoms with Crippen LogP contribution in [0.3, 0.4) is 0 Å². The van der Waals surface area contributed by atoms with Crippen molar-refractivity contribution in [3.05, 3.63) is 102 Å². The first-order chi connectivity index (χ1) is 22.5. The summed E-state index contributed by atoms with van der Waals surface area (Å²) in [6, 6.07) is 20.0. The Kier molecular flexibility index (Phi) is 13.8. The van der Waals surface area contributed by atoms with Crippen LogP contribution in [0.2, 0.25) is 0 Å². The number of carboxylic acids is 2. The van der Waals surface area contributed by atoms with Gasteiger partial charge in [-0.15, -0.1) is 0 Å². The SMILES string of the molecule is CCC(=O)Nc1ccc(C(=O)N(CCN2CCC(C(=O)c3ccc(F)cc3)CC2)c2ccc(OC)cc2)cc1.O=C(O)/C=C/C(=O)O. The molecule has 1 heterocycles. The van der Waals surface area contributed by atoms with Crippen molar-refractivity contribution in [3.63, 3.8) is 0 Å². The number of hydrogen-bond acceptors (Lipinski definition) is 7. The van der Waals surface area contributed by atoms with Gasteiger partial charge in [-0.05, 0) is 98.7 Å². The molecule has 0 aromatic heterocycles. The van der Waals surface area contributed by atoms with Crippen LogP contribution >= 0.6 is 0 Å². The van der Waals surface area contributed by atoms with E-state index in [4.69, 9.17) is 14.9 Å². The summed E-state index contributed by atoms with van der Waals surface area (Å²) >= 11 is 0. The van der Waals surface area contributed by atoms with Crippen LogP contribution < -0.4 is 15.0 Å². The molecule has 0 saturated carbocycles. The Morgan fingerprint density at radius 3 is 1.94 bits per heavy atom. The van der Waals surface area contributed by atoms with E-state index in [1.165, 1.54) is 12.1 Å². The van der Waals surface area contributed by atoms with Crippen LogP contribution in [0.15, 0.2) is 84.9 Å². The number of nitrogens with one attached hydrogen (secondary N) is 1. The minimum absolute atomic E-state index is 0.0586. The van der Waals surface area contributed by atoms with Gasteiger partial charge in [0.1, 0.15) is 11.6 Å². The Bertz CT molecular complexity index is 1530. The number of likely N-dealkylation sites (tertiary alicyclic amines) is 1. The average Bonchev–Trinajstić information content (AvgIpc) is 3.08. The minimum atomic E-state index is -1.26. The maximum atomic E-state index is 13.6. The summed E-state index contributed by atoms with van der Waals surface area (Å²) in [5.74, 6) is -2.42. The Morgan fingerprint density at radius 2 is 1.43 bits per heavy atom. The molecule has 0 bridgehead atoms. The lowest BCUT2D eigenvalue weighted by Gasteiger charge is -2.33. The summed E-state index contributed by atoms with van der Waals surface area (Å²) in [7, 11) is 1.60. The second kappa shape index (κ2) is 18.0. The molecule has 1 aliphatic rings. The van der Waals surface area contributed by atoms with Gasteiger partial charge in [0, 0.05) is 60.1 Å². The van der Waals surface area contributed by atoms with Gasteiger partial charge < -0.3 is 30.1 Å². The first-order valence-electron chi connectivity index (χ1n) is 15.0. The monoisotopic (exact) mass is 647 g/mol. The molecule has 248 valence electrons. The third-order valence-electron chi connectivity index (χ3n) is 7.46. The number of hydrogen-bond donors (Lipinski definition) is 3. The predicted octanol–water partition coefficient (Wildman–Crippen LogP) is 5.14. The van der Waals surface area contributed by atoms with E-state index in [0.29, 0.717) is 54.2 Å². The number of methoxy groups -OCH3 is 1. The lowest BCUT2D eigenvalue weighted by Crippen LogP contribution is -2.42. The zero-order chi connectivity index (χ0) is 34.3. The molecule has 3 aromatic rings. The number of rotatable bonds is 12. The third kappa shape index (κ3) is 11.5. The van der Waals surface area contributed by atoms with E-state index in [-0.39, 0.29) is 29.3 Å². The number of halogens is 1. The van der Waals surface area contributed by atoms with Crippen LogP contribution in [-0.2, 0) is 14.4 Å². The van der Waals surface area contributed by atoms with Gasteiger partial charge in [0.25, 0.3) is 5.91 Å². The number of nitrogens with zero attached hydrogens (tertiary/aromatic N) is 2. The van der Waals surface area contributed by atoms with Crippen molar-refractivity contribution in [1.82, 2.24) is 4.90 Å². The zero-order valence-electron chi connectivity index (χ0n) is 26.2. The van der Waals surface area contributed by atoms with Gasteiger partial charge in [-0.1, -0.05) is 6.92 Å². The molecule has 0 unspecified atom stereocenters. The Hall–Kier alpha value is -5.36. The van der Waals surface area contributed by atoms with Gasteiger partial charge in [-0.25, -0.2) is 14.0 Å². The molecule has 12 heteroatoms. The fourth-order valence-corrected chi connectivity index (χ4v) is 4.86. The highest BCUT2D eigenvalue weighted by atomic mass is 19.1. The normalized spacial score (nSPS) is 13.3. The van der Waals surface area contributed by atoms with E-state index in [1.807, 2.05) is 24.3 Å². The van der Waals surface area contributed by atoms with E-state index < -0.39 is 11.9 Å². The van der Waals surface area contributed by atoms with Crippen molar-refractivity contribution in [3.8, 4) is 5.75 Å². The third-order valence-corrected chi connectivity index (χ3v) is 7.46. The second-order valence-electron chi connectivity index (χ2n) is 10.6. The van der Waals surface area contributed by atoms with E-state index >= 15 is 0 Å². The van der Waals surface area contributed by atoms with Gasteiger partial charge in [-0.3, -0.25) is 14.4 Å². The molecule has 0 aliphatic carbocycles. The number of piperidine rings is 1. The standard InChI is InChI=1S/C31H34FN3O4.C4H4O4/c1-3-29(36)33-26-10-6-24(7-11-26)31(38)35(27-12-14-28(39-2)15-13-27)21-20-34-18-16-23(17-19-34)30(37)22-4-8-25(32)9-5-22;5-3(6)1-2-4(7)8/h4-15,23H,3,16-21H2,1-2H3,(H,33,36);1-2H,(H,5,6)(H,7,8)/b;2-1+. The molecular formula is C35H38FN3O8. The number of carbonyl (C=O) groups excluding carboxylic acids is 3. The first-order valence-corrected chi connectivity index (χ1v) is 15.0. The largest absolute Gasteiger partial charge is 0.497 e. The maximum absolute atomic E-state index is 13.6. The number of Topliss-reactive ketones (excluding diaryl/α,β-unsaturated/α-hetero) is 1. The summed E-state index contributed by atoms with van der Waals surface area (Å²) in [6.07, 6.45) is 2.93. The molecule has 4 rings (SSSR count). The van der Waals surface area contributed by atoms with Gasteiger partial charge in [0.2, 0.25) is 5.91 Å². The summed E-state index contributed by atoms with van der Waals surface area (Å²) < 4.78 is 18.5. The van der Waals surface area contributed by atoms with Crippen molar-refractivity contribution in [2.75, 3.05) is 43.5 Å². The van der Waals surface area contributed by atoms with Crippen LogP contribution in [0.1, 0.15) is 46.9 Å². The lowest BCUT2D eigenvalue weighted by atomic mass is 9.89. The van der Waals surface area contributed by atoms with Gasteiger partial charge in [0.05, 0.1) is 7.11 Å². The van der Waals surface area contributed by atoms with Gasteiger partial charge in [0.15, 0.2) is 5.78 Å². The van der Waals surface area contributed by atoms with Crippen molar-refractivity contribution >= 4 is 40.9 Å². The van der Waals surface area contributed by atoms with E-state index in [1.54, 1.807) is 55.3 Å². The average molecular weight is 648 g/mol. The molecule has 1 saturated heterocycles. The summed E-state index contributed by atoms with van der Waals surface area (Å²) in [5.41, 5.74) is 2.47. The minimum Gasteiger partial charge on any atom is -0.497 e. The lowest BCUT2D eigenvalue weighted by molar-refractivity contribution is -0.134. The highest BCUT2D eigenvalue weighted by Crippen LogP contribution is 2.25. The Morgan fingerprint density at radius 1 is 0.872 bits per heavy atom. The Labute approximate surface area is 272 Å². The number of aliphatic carboxylic acids is 2. The highest BCUT2D eigenvalue weighted by molar-refractivity contribution is 6.06. The number of ketones is 1. The molecular weight excluding hydrogens is 609 g/mol. The van der Waals surface area contributed by atoms with Gasteiger partial charge >= 0.3 is 11.9 Å². The number of carboxylic acid groups (broad SMARTS) is 2. The molecule has 0 atom stereocenters. The van der Waals surface area contributed by atoms with Crippen molar-refractivity contribution in [2.45, 2.75) is 26.2 Å². The number of benzene rings is 3. The summed E-state index contributed by atoms with van der Waals surface area (Å²) in [4.78, 5) is 61.2. The quantitative estimate of drug-likeness (QED) is 0.179. The summed E-state index contributed by atoms with van der Waals surface area (Å²) in [6.45, 7) is 4.39. The molecule has 0 spiro atoms. The Balaban J connectivity index is 0.000000665. The summed E-state index contributed by atoms with van der Waals surface area (Å²) in [5, 5.41) is 18.4. The molecule has 3 N–H and O–H groups in total. The van der Waals surface area contributed by atoms with Crippen molar-refractivity contribution in [2.24, 2.45) is 5.92 Å². The molecule has 2 amide bonds. The van der Waals surface area contributed by atoms with E-state index in [9.17, 15) is 28.4 Å². The fourth-order valence-electron chi connectivity index (χ4n) is 4.86. The zero-order valence-corrected chi connectivity index (χ0v) is 26.2. The van der Waals surface area contributed by atoms with Crippen LogP contribution in [0.5, 0.6) is 5.75 Å². The highest BCUT2D eigenvalue weighted by Gasteiger charge is 2.27. The molecule has 1 fully saturated rings. The molecule has 1 aliphatic heterocycles. The molecule has 47 heavy (non-hydrogen) atoms. The topological polar surface area (TPSA) is 154 Å². The van der Waals surface area contributed by atoms with Crippen molar-refractivity contribution < 1.29 is 43.3 Å². The van der Waals surface area contributed by atoms with Crippen LogP contribution in [-0.4, -0.2) is 77.9 Å². The number of anilines is 2. The fraction of sp³-hybridized carbons (Fsp3) is 0.286. The van der Waals surface area contributed by atoms with E-state index in [0.717, 1.165) is 31.6 Å². The van der Waals surface area contributed by atoms with Crippen LogP contribution in [0.4, 0.5) is 15.8 Å². The molecule has 0 radical (unpaired) electrons. The number of amides is 2. The van der Waals surface area contributed by atoms with Crippen LogP contribution in [0.25, 0.3) is 0 Å². The first kappa shape index (κ1) is 36.1. The molecule has 3 aromatic carbocycles. The van der Waals surface area contributed by atoms with Gasteiger partial charge in [-0.2, -0.15) is 0 Å². The smallest absolute Gasteiger partial charge is 0.328 e. The molecule has 11 nitrogen and oxygen atoms in total.